The van der Waals surface area contributed by atoms with Gasteiger partial charge in [0.15, 0.2) is 6.61 Å². The number of rotatable bonds is 6. The van der Waals surface area contributed by atoms with E-state index in [1.54, 1.807) is 0 Å². The number of hydrogen-bond acceptors (Lipinski definition) is 4. The van der Waals surface area contributed by atoms with Crippen molar-refractivity contribution in [3.63, 3.8) is 0 Å². The van der Waals surface area contributed by atoms with E-state index in [4.69, 9.17) is 16.3 Å². The van der Waals surface area contributed by atoms with Crippen molar-refractivity contribution in [2.45, 2.75) is 30.3 Å². The normalized spacial score (nSPS) is 15.4. The number of carbonyl (C=O) groups excluding carboxylic acids is 1. The molecule has 0 atom stereocenters. The minimum atomic E-state index is -4.91. The van der Waals surface area contributed by atoms with Crippen LogP contribution in [-0.2, 0) is 21.0 Å². The second kappa shape index (κ2) is 9.63. The number of halogens is 5. The number of amides is 1. The van der Waals surface area contributed by atoms with Crippen LogP contribution in [0.1, 0.15) is 24.8 Å². The molecule has 1 amide bonds. The molecule has 2 aromatic rings. The van der Waals surface area contributed by atoms with Gasteiger partial charge in [-0.15, -0.1) is 0 Å². The number of sulfonamides is 1. The topological polar surface area (TPSA) is 75.7 Å². The molecule has 0 aliphatic carbocycles. The van der Waals surface area contributed by atoms with Gasteiger partial charge in [0.25, 0.3) is 5.91 Å². The van der Waals surface area contributed by atoms with Crippen molar-refractivity contribution >= 4 is 33.2 Å². The van der Waals surface area contributed by atoms with Crippen LogP contribution in [0.4, 0.5) is 23.2 Å². The monoisotopic (exact) mass is 494 g/mol. The lowest BCUT2D eigenvalue weighted by molar-refractivity contribution is -0.140. The molecule has 6 nitrogen and oxygen atoms in total. The molecule has 1 saturated heterocycles. The van der Waals surface area contributed by atoms with Gasteiger partial charge in [-0.05, 0) is 49.2 Å². The molecule has 0 spiro atoms. The molecule has 0 saturated carbocycles. The van der Waals surface area contributed by atoms with Gasteiger partial charge in [-0.1, -0.05) is 18.0 Å². The summed E-state index contributed by atoms with van der Waals surface area (Å²) in [6, 6.07) is 5.87. The van der Waals surface area contributed by atoms with Gasteiger partial charge >= 0.3 is 6.18 Å². The zero-order chi connectivity index (χ0) is 23.5. The highest BCUT2D eigenvalue weighted by Gasteiger charge is 2.34. The molecule has 1 fully saturated rings. The van der Waals surface area contributed by atoms with Crippen molar-refractivity contribution in [3.8, 4) is 5.75 Å². The lowest BCUT2D eigenvalue weighted by atomic mass is 10.2. The highest BCUT2D eigenvalue weighted by molar-refractivity contribution is 7.89. The summed E-state index contributed by atoms with van der Waals surface area (Å²) in [6.45, 7) is 0.242. The van der Waals surface area contributed by atoms with Crippen molar-refractivity contribution in [3.05, 3.63) is 52.8 Å². The lowest BCUT2D eigenvalue weighted by Gasteiger charge is -2.26. The van der Waals surface area contributed by atoms with Crippen molar-refractivity contribution in [1.82, 2.24) is 4.31 Å². The summed E-state index contributed by atoms with van der Waals surface area (Å²) in [5.74, 6) is -2.25. The standard InChI is InChI=1S/C20H19ClF4N2O4S/c21-16-11-14(32(29,30)27-8-2-1-3-9-27)5-7-18(16)31-12-19(28)26-13-4-6-17(22)15(10-13)20(23,24)25/h4-7,10-11H,1-3,8-9,12H2,(H,26,28). The SMILES string of the molecule is O=C(COc1ccc(S(=O)(=O)N2CCCCC2)cc1Cl)Nc1ccc(F)c(C(F)(F)F)c1. The molecule has 0 bridgehead atoms. The molecule has 2 aromatic carbocycles. The first-order valence-corrected chi connectivity index (χ1v) is 11.4. The van der Waals surface area contributed by atoms with Crippen molar-refractivity contribution < 1.29 is 35.5 Å². The number of ether oxygens (including phenoxy) is 1. The molecule has 1 N–H and O–H groups in total. The Hall–Kier alpha value is -2.37. The molecule has 1 aliphatic heterocycles. The number of carbonyl (C=O) groups is 1. The third-order valence-electron chi connectivity index (χ3n) is 4.77. The minimum absolute atomic E-state index is 0.00723. The molecule has 12 heteroatoms. The number of nitrogens with zero attached hydrogens (tertiary/aromatic N) is 1. The summed E-state index contributed by atoms with van der Waals surface area (Å²) in [7, 11) is -3.70. The number of alkyl halides is 3. The highest BCUT2D eigenvalue weighted by atomic mass is 35.5. The van der Waals surface area contributed by atoms with E-state index in [9.17, 15) is 30.8 Å². The fourth-order valence-corrected chi connectivity index (χ4v) is 5.02. The smallest absolute Gasteiger partial charge is 0.419 e. The van der Waals surface area contributed by atoms with E-state index < -0.39 is 40.1 Å². The van der Waals surface area contributed by atoms with E-state index >= 15 is 0 Å². The van der Waals surface area contributed by atoms with Crippen LogP contribution in [0.2, 0.25) is 5.02 Å². The Labute approximate surface area is 187 Å². The van der Waals surface area contributed by atoms with Gasteiger partial charge in [-0.25, -0.2) is 12.8 Å². The molecule has 1 heterocycles. The number of anilines is 1. The summed E-state index contributed by atoms with van der Waals surface area (Å²) in [5, 5.41) is 2.13. The zero-order valence-corrected chi connectivity index (χ0v) is 18.2. The Bertz CT molecular complexity index is 1100. The second-order valence-corrected chi connectivity index (χ2v) is 9.43. The van der Waals surface area contributed by atoms with E-state index in [0.29, 0.717) is 25.2 Å². The lowest BCUT2D eigenvalue weighted by Crippen LogP contribution is -2.35. The van der Waals surface area contributed by atoms with E-state index in [1.165, 1.54) is 22.5 Å². The van der Waals surface area contributed by atoms with Crippen molar-refractivity contribution in [2.24, 2.45) is 0 Å². The van der Waals surface area contributed by atoms with Gasteiger partial charge in [-0.2, -0.15) is 17.5 Å². The van der Waals surface area contributed by atoms with Crippen molar-refractivity contribution in [1.29, 1.82) is 0 Å². The summed E-state index contributed by atoms with van der Waals surface area (Å²) in [4.78, 5) is 12.0. The predicted molar refractivity (Wildman–Crippen MR) is 110 cm³/mol. The second-order valence-electron chi connectivity index (χ2n) is 7.09. The molecule has 0 aromatic heterocycles. The number of benzene rings is 2. The van der Waals surface area contributed by atoms with Gasteiger partial charge in [0.05, 0.1) is 15.5 Å². The van der Waals surface area contributed by atoms with Gasteiger partial charge in [-0.3, -0.25) is 4.79 Å². The van der Waals surface area contributed by atoms with Gasteiger partial charge in [0.1, 0.15) is 11.6 Å². The zero-order valence-electron chi connectivity index (χ0n) is 16.6. The first-order valence-electron chi connectivity index (χ1n) is 9.57. The maximum absolute atomic E-state index is 13.3. The first kappa shape index (κ1) is 24.3. The van der Waals surface area contributed by atoms with E-state index in [0.717, 1.165) is 25.3 Å². The summed E-state index contributed by atoms with van der Waals surface area (Å²) in [6.07, 6.45) is -2.38. The Morgan fingerprint density at radius 1 is 1.09 bits per heavy atom. The Kier molecular flexibility index (Phi) is 7.31. The molecule has 174 valence electrons. The van der Waals surface area contributed by atoms with Crippen LogP contribution >= 0.6 is 11.6 Å². The average Bonchev–Trinajstić information content (AvgIpc) is 2.74. The predicted octanol–water partition coefficient (Wildman–Crippen LogP) is 4.69. The molecule has 0 unspecified atom stereocenters. The van der Waals surface area contributed by atoms with Crippen LogP contribution in [0.5, 0.6) is 5.75 Å². The molecule has 0 radical (unpaired) electrons. The number of piperidine rings is 1. The fraction of sp³-hybridized carbons (Fsp3) is 0.350. The Morgan fingerprint density at radius 3 is 2.41 bits per heavy atom. The molecular formula is C20H19ClF4N2O4S. The van der Waals surface area contributed by atoms with Crippen LogP contribution in [0, 0.1) is 5.82 Å². The molecule has 32 heavy (non-hydrogen) atoms. The number of nitrogens with one attached hydrogen (secondary N) is 1. The highest BCUT2D eigenvalue weighted by Crippen LogP contribution is 2.33. The minimum Gasteiger partial charge on any atom is -0.482 e. The summed E-state index contributed by atoms with van der Waals surface area (Å²) < 4.78 is 83.7. The van der Waals surface area contributed by atoms with Crippen LogP contribution in [0.15, 0.2) is 41.3 Å². The van der Waals surface area contributed by atoms with Gasteiger partial charge < -0.3 is 10.1 Å². The Balaban J connectivity index is 1.64. The number of hydrogen-bond donors (Lipinski definition) is 1. The van der Waals surface area contributed by atoms with E-state index in [2.05, 4.69) is 5.32 Å². The van der Waals surface area contributed by atoms with Gasteiger partial charge in [0, 0.05) is 18.8 Å². The quantitative estimate of drug-likeness (QED) is 0.591. The average molecular weight is 495 g/mol. The van der Waals surface area contributed by atoms with E-state index in [-0.39, 0.29) is 21.4 Å². The summed E-state index contributed by atoms with van der Waals surface area (Å²) >= 11 is 6.10. The molecule has 1 aliphatic rings. The van der Waals surface area contributed by atoms with Crippen LogP contribution in [0.3, 0.4) is 0 Å². The Morgan fingerprint density at radius 2 is 1.78 bits per heavy atom. The van der Waals surface area contributed by atoms with E-state index in [1.807, 2.05) is 0 Å². The third-order valence-corrected chi connectivity index (χ3v) is 6.96. The third kappa shape index (κ3) is 5.70. The van der Waals surface area contributed by atoms with Gasteiger partial charge in [0.2, 0.25) is 10.0 Å². The fourth-order valence-electron chi connectivity index (χ4n) is 3.17. The first-order chi connectivity index (χ1) is 15.0. The van der Waals surface area contributed by atoms with Crippen LogP contribution in [-0.4, -0.2) is 38.3 Å². The van der Waals surface area contributed by atoms with Crippen molar-refractivity contribution in [2.75, 3.05) is 25.0 Å². The van der Waals surface area contributed by atoms with Crippen LogP contribution < -0.4 is 10.1 Å². The molecule has 3 rings (SSSR count). The maximum atomic E-state index is 13.3. The molecular weight excluding hydrogens is 476 g/mol. The summed E-state index contributed by atoms with van der Waals surface area (Å²) in [5.41, 5.74) is -1.77. The maximum Gasteiger partial charge on any atom is 0.419 e. The van der Waals surface area contributed by atoms with Crippen LogP contribution in [0.25, 0.3) is 0 Å². The largest absolute Gasteiger partial charge is 0.482 e.